The normalized spacial score (nSPS) is 24.7. The molecule has 0 bridgehead atoms. The molecular formula is C10H12O5. The zero-order valence-corrected chi connectivity index (χ0v) is 8.77. The van der Waals surface area contributed by atoms with E-state index in [0.29, 0.717) is 5.57 Å². The average molecular weight is 212 g/mol. The molecule has 5 heteroatoms. The van der Waals surface area contributed by atoms with Crippen LogP contribution in [0.25, 0.3) is 0 Å². The largest absolute Gasteiger partial charge is 0.469 e. The van der Waals surface area contributed by atoms with Crippen molar-refractivity contribution in [1.82, 2.24) is 0 Å². The van der Waals surface area contributed by atoms with Gasteiger partial charge in [-0.3, -0.25) is 14.4 Å². The molecule has 0 saturated carbocycles. The van der Waals surface area contributed by atoms with Crippen LogP contribution >= 0.6 is 0 Å². The molecule has 15 heavy (non-hydrogen) atoms. The van der Waals surface area contributed by atoms with Gasteiger partial charge in [-0.2, -0.15) is 0 Å². The molecule has 1 rings (SSSR count). The molecule has 5 nitrogen and oxygen atoms in total. The highest BCUT2D eigenvalue weighted by Gasteiger charge is 2.44. The van der Waals surface area contributed by atoms with Crippen LogP contribution in [0, 0.1) is 11.8 Å². The predicted molar refractivity (Wildman–Crippen MR) is 49.8 cm³/mol. The molecule has 0 aliphatic heterocycles. The summed E-state index contributed by atoms with van der Waals surface area (Å²) in [4.78, 5) is 34.2. The molecule has 0 saturated heterocycles. The topological polar surface area (TPSA) is 69.7 Å². The standard InChI is InChI=1S/C10H12O5/c1-5-4-6(9(12)14-2)7(8(5)11)10(13)15-3/h4,6-7H,1-3H3/t6-,7-/m0/s1. The minimum atomic E-state index is -1.08. The van der Waals surface area contributed by atoms with Crippen molar-refractivity contribution in [1.29, 1.82) is 0 Å². The summed E-state index contributed by atoms with van der Waals surface area (Å²) in [7, 11) is 2.39. The number of hydrogen-bond donors (Lipinski definition) is 0. The lowest BCUT2D eigenvalue weighted by Crippen LogP contribution is -2.32. The number of ether oxygens (including phenoxy) is 2. The van der Waals surface area contributed by atoms with E-state index in [1.807, 2.05) is 0 Å². The van der Waals surface area contributed by atoms with E-state index in [1.54, 1.807) is 6.92 Å². The van der Waals surface area contributed by atoms with E-state index in [2.05, 4.69) is 9.47 Å². The van der Waals surface area contributed by atoms with Crippen LogP contribution in [0.2, 0.25) is 0 Å². The molecule has 82 valence electrons. The summed E-state index contributed by atoms with van der Waals surface area (Å²) in [5, 5.41) is 0. The van der Waals surface area contributed by atoms with Gasteiger partial charge in [0, 0.05) is 0 Å². The third-order valence-corrected chi connectivity index (χ3v) is 2.39. The molecule has 0 heterocycles. The van der Waals surface area contributed by atoms with E-state index >= 15 is 0 Å². The quantitative estimate of drug-likeness (QED) is 0.479. The van der Waals surface area contributed by atoms with Gasteiger partial charge in [0.15, 0.2) is 5.78 Å². The average Bonchev–Trinajstić information content (AvgIpc) is 2.53. The fraction of sp³-hybridized carbons (Fsp3) is 0.500. The van der Waals surface area contributed by atoms with Crippen LogP contribution in [-0.4, -0.2) is 31.9 Å². The summed E-state index contributed by atoms with van der Waals surface area (Å²) < 4.78 is 8.99. The maximum absolute atomic E-state index is 11.6. The van der Waals surface area contributed by atoms with Crippen molar-refractivity contribution < 1.29 is 23.9 Å². The Kier molecular flexibility index (Phi) is 3.24. The first-order valence-corrected chi connectivity index (χ1v) is 4.41. The Morgan fingerprint density at radius 3 is 2.20 bits per heavy atom. The van der Waals surface area contributed by atoms with E-state index in [4.69, 9.17) is 0 Å². The van der Waals surface area contributed by atoms with E-state index in [-0.39, 0.29) is 5.78 Å². The minimum absolute atomic E-state index is 0.378. The molecule has 0 fully saturated rings. The van der Waals surface area contributed by atoms with Gasteiger partial charge in [-0.15, -0.1) is 0 Å². The maximum Gasteiger partial charge on any atom is 0.317 e. The summed E-state index contributed by atoms with van der Waals surface area (Å²) in [6.07, 6.45) is 1.44. The molecule has 2 atom stereocenters. The predicted octanol–water partition coefficient (Wildman–Crippen LogP) is 0.0938. The first kappa shape index (κ1) is 11.4. The van der Waals surface area contributed by atoms with Gasteiger partial charge >= 0.3 is 11.9 Å². The van der Waals surface area contributed by atoms with E-state index in [0.717, 1.165) is 0 Å². The fourth-order valence-corrected chi connectivity index (χ4v) is 1.58. The molecule has 1 aliphatic carbocycles. The van der Waals surface area contributed by atoms with Crippen molar-refractivity contribution in [3.8, 4) is 0 Å². The number of allylic oxidation sites excluding steroid dienone is 1. The Morgan fingerprint density at radius 1 is 1.20 bits per heavy atom. The summed E-state index contributed by atoms with van der Waals surface area (Å²) in [5.74, 6) is -3.62. The zero-order valence-electron chi connectivity index (χ0n) is 8.77. The van der Waals surface area contributed by atoms with Crippen molar-refractivity contribution in [2.45, 2.75) is 6.92 Å². The second-order valence-electron chi connectivity index (χ2n) is 3.26. The van der Waals surface area contributed by atoms with E-state index < -0.39 is 23.8 Å². The molecule has 0 amide bonds. The lowest BCUT2D eigenvalue weighted by Gasteiger charge is -2.13. The number of methoxy groups -OCH3 is 2. The first-order chi connectivity index (χ1) is 7.02. The van der Waals surface area contributed by atoms with Crippen LogP contribution < -0.4 is 0 Å². The number of Topliss-reactive ketones (excluding diaryl/α,β-unsaturated/α-hetero) is 1. The van der Waals surface area contributed by atoms with Crippen molar-refractivity contribution in [3.63, 3.8) is 0 Å². The van der Waals surface area contributed by atoms with E-state index in [1.165, 1.54) is 20.3 Å². The SMILES string of the molecule is COC(=O)[C@@H]1C(=O)C(C)=C[C@@H]1C(=O)OC. The van der Waals surface area contributed by atoms with E-state index in [9.17, 15) is 14.4 Å². The van der Waals surface area contributed by atoms with Crippen LogP contribution in [0.3, 0.4) is 0 Å². The van der Waals surface area contributed by atoms with Gasteiger partial charge in [-0.1, -0.05) is 6.08 Å². The molecule has 0 aromatic heterocycles. The molecule has 1 aliphatic rings. The zero-order chi connectivity index (χ0) is 11.6. The van der Waals surface area contributed by atoms with Gasteiger partial charge in [0.25, 0.3) is 0 Å². The maximum atomic E-state index is 11.6. The number of carbonyl (C=O) groups excluding carboxylic acids is 3. The van der Waals surface area contributed by atoms with Crippen LogP contribution in [0.1, 0.15) is 6.92 Å². The molecule has 0 N–H and O–H groups in total. The molecule has 0 radical (unpaired) electrons. The minimum Gasteiger partial charge on any atom is -0.469 e. The van der Waals surface area contributed by atoms with Crippen LogP contribution in [0.5, 0.6) is 0 Å². The van der Waals surface area contributed by atoms with Gasteiger partial charge in [0.05, 0.1) is 20.1 Å². The number of ketones is 1. The highest BCUT2D eigenvalue weighted by molar-refractivity contribution is 6.13. The molecule has 0 aromatic rings. The smallest absolute Gasteiger partial charge is 0.317 e. The second-order valence-corrected chi connectivity index (χ2v) is 3.26. The number of carbonyl (C=O) groups is 3. The third-order valence-electron chi connectivity index (χ3n) is 2.39. The monoisotopic (exact) mass is 212 g/mol. The van der Waals surface area contributed by atoms with Crippen LogP contribution in [0.15, 0.2) is 11.6 Å². The number of esters is 2. The highest BCUT2D eigenvalue weighted by Crippen LogP contribution is 2.29. The Hall–Kier alpha value is -1.65. The van der Waals surface area contributed by atoms with Crippen LogP contribution in [-0.2, 0) is 23.9 Å². The lowest BCUT2D eigenvalue weighted by atomic mass is 9.94. The van der Waals surface area contributed by atoms with Gasteiger partial charge in [-0.25, -0.2) is 0 Å². The lowest BCUT2D eigenvalue weighted by molar-refractivity contribution is -0.157. The summed E-state index contributed by atoms with van der Waals surface area (Å²) in [6.45, 7) is 1.56. The Balaban J connectivity index is 2.99. The molecule has 0 aromatic carbocycles. The summed E-state index contributed by atoms with van der Waals surface area (Å²) in [5.41, 5.74) is 0.390. The van der Waals surface area contributed by atoms with Crippen molar-refractivity contribution >= 4 is 17.7 Å². The summed E-state index contributed by atoms with van der Waals surface area (Å²) >= 11 is 0. The van der Waals surface area contributed by atoms with Crippen molar-refractivity contribution in [2.24, 2.45) is 11.8 Å². The fourth-order valence-electron chi connectivity index (χ4n) is 1.58. The third kappa shape index (κ3) is 1.91. The molecular weight excluding hydrogens is 200 g/mol. The summed E-state index contributed by atoms with van der Waals surface area (Å²) in [6, 6.07) is 0. The Bertz CT molecular complexity index is 342. The van der Waals surface area contributed by atoms with Gasteiger partial charge in [0.1, 0.15) is 5.92 Å². The Labute approximate surface area is 87.0 Å². The van der Waals surface area contributed by atoms with Gasteiger partial charge in [-0.05, 0) is 12.5 Å². The van der Waals surface area contributed by atoms with Gasteiger partial charge < -0.3 is 9.47 Å². The molecule has 0 unspecified atom stereocenters. The Morgan fingerprint density at radius 2 is 1.73 bits per heavy atom. The number of rotatable bonds is 2. The number of hydrogen-bond acceptors (Lipinski definition) is 5. The second kappa shape index (κ2) is 4.25. The van der Waals surface area contributed by atoms with Crippen molar-refractivity contribution in [2.75, 3.05) is 14.2 Å². The van der Waals surface area contributed by atoms with Gasteiger partial charge in [0.2, 0.25) is 0 Å². The molecule has 0 spiro atoms. The van der Waals surface area contributed by atoms with Crippen molar-refractivity contribution in [3.05, 3.63) is 11.6 Å². The highest BCUT2D eigenvalue weighted by atomic mass is 16.5. The van der Waals surface area contributed by atoms with Crippen LogP contribution in [0.4, 0.5) is 0 Å². The first-order valence-electron chi connectivity index (χ1n) is 4.41.